The molecule has 0 spiro atoms. The number of hydrogen-bond acceptors (Lipinski definition) is 4. The van der Waals surface area contributed by atoms with E-state index >= 15 is 0 Å². The number of aryl methyl sites for hydroxylation is 2. The topological polar surface area (TPSA) is 46.5 Å². The molecule has 6 heteroatoms. The van der Waals surface area contributed by atoms with Gasteiger partial charge in [0.2, 0.25) is 0 Å². The number of aromatic amines is 1. The smallest absolute Gasteiger partial charge is 0.176 e. The molecule has 0 aromatic carbocycles. The zero-order valence-corrected chi connectivity index (χ0v) is 8.87. The standard InChI is InChI=1S/C7H8N4S2/c1-4-3-5(11(2)10-4)6-8-9-7(12)13-6/h3H,1-2H3,(H,9,12). The molecule has 0 saturated carbocycles. The molecule has 2 heterocycles. The van der Waals surface area contributed by atoms with E-state index in [9.17, 15) is 0 Å². The lowest BCUT2D eigenvalue weighted by atomic mass is 10.4. The van der Waals surface area contributed by atoms with Crippen molar-refractivity contribution in [2.45, 2.75) is 6.92 Å². The fourth-order valence-corrected chi connectivity index (χ4v) is 2.09. The molecule has 0 aliphatic heterocycles. The normalized spacial score (nSPS) is 10.6. The maximum Gasteiger partial charge on any atom is 0.176 e. The van der Waals surface area contributed by atoms with E-state index in [2.05, 4.69) is 15.3 Å². The van der Waals surface area contributed by atoms with Gasteiger partial charge >= 0.3 is 0 Å². The predicted octanol–water partition coefficient (Wildman–Crippen LogP) is 1.91. The number of hydrogen-bond donors (Lipinski definition) is 1. The lowest BCUT2D eigenvalue weighted by Crippen LogP contribution is -1.93. The first-order valence-corrected chi connectivity index (χ1v) is 4.96. The Morgan fingerprint density at radius 2 is 2.38 bits per heavy atom. The number of nitrogens with one attached hydrogen (secondary N) is 1. The van der Waals surface area contributed by atoms with E-state index in [0.717, 1.165) is 16.4 Å². The average molecular weight is 212 g/mol. The molecule has 0 radical (unpaired) electrons. The molecule has 2 aromatic heterocycles. The highest BCUT2D eigenvalue weighted by Crippen LogP contribution is 2.21. The minimum Gasteiger partial charge on any atom is -0.265 e. The van der Waals surface area contributed by atoms with Crippen molar-refractivity contribution in [3.05, 3.63) is 15.7 Å². The monoisotopic (exact) mass is 212 g/mol. The number of H-pyrrole nitrogens is 1. The quantitative estimate of drug-likeness (QED) is 0.734. The van der Waals surface area contributed by atoms with Crippen LogP contribution < -0.4 is 0 Å². The Kier molecular flexibility index (Phi) is 2.01. The largest absolute Gasteiger partial charge is 0.265 e. The summed E-state index contributed by atoms with van der Waals surface area (Å²) in [5.41, 5.74) is 1.98. The van der Waals surface area contributed by atoms with Crippen LogP contribution in [0.4, 0.5) is 0 Å². The third kappa shape index (κ3) is 1.54. The SMILES string of the molecule is Cc1cc(-c2n[nH]c(=S)s2)n(C)n1. The fourth-order valence-electron chi connectivity index (χ4n) is 1.15. The summed E-state index contributed by atoms with van der Waals surface area (Å²) in [4.78, 5) is 0. The molecule has 0 amide bonds. The maximum absolute atomic E-state index is 4.95. The van der Waals surface area contributed by atoms with Gasteiger partial charge in [0.15, 0.2) is 8.96 Å². The summed E-state index contributed by atoms with van der Waals surface area (Å²) >= 11 is 6.41. The van der Waals surface area contributed by atoms with E-state index in [0.29, 0.717) is 3.95 Å². The second kappa shape index (κ2) is 3.04. The van der Waals surface area contributed by atoms with E-state index in [1.807, 2.05) is 20.0 Å². The Balaban J connectivity index is 2.57. The molecule has 13 heavy (non-hydrogen) atoms. The van der Waals surface area contributed by atoms with Crippen LogP contribution in [0.1, 0.15) is 5.69 Å². The Labute approximate surface area is 84.2 Å². The average Bonchev–Trinajstić information content (AvgIpc) is 2.58. The van der Waals surface area contributed by atoms with Gasteiger partial charge < -0.3 is 0 Å². The van der Waals surface area contributed by atoms with Crippen molar-refractivity contribution in [3.63, 3.8) is 0 Å². The Morgan fingerprint density at radius 1 is 1.62 bits per heavy atom. The van der Waals surface area contributed by atoms with Crippen LogP contribution in [-0.4, -0.2) is 20.0 Å². The third-order valence-electron chi connectivity index (χ3n) is 1.66. The molecule has 1 N–H and O–H groups in total. The summed E-state index contributed by atoms with van der Waals surface area (Å²) in [6, 6.07) is 1.99. The van der Waals surface area contributed by atoms with Crippen LogP contribution >= 0.6 is 23.6 Å². The summed E-state index contributed by atoms with van der Waals surface area (Å²) in [7, 11) is 1.90. The minimum absolute atomic E-state index is 0.689. The van der Waals surface area contributed by atoms with Crippen molar-refractivity contribution < 1.29 is 0 Å². The van der Waals surface area contributed by atoms with Crippen LogP contribution in [0, 0.1) is 10.9 Å². The van der Waals surface area contributed by atoms with Gasteiger partial charge in [-0.3, -0.25) is 9.78 Å². The summed E-state index contributed by atoms with van der Waals surface area (Å²) in [5, 5.41) is 11.9. The number of nitrogens with zero attached hydrogens (tertiary/aromatic N) is 3. The zero-order valence-electron chi connectivity index (χ0n) is 7.24. The molecule has 0 atom stereocenters. The van der Waals surface area contributed by atoms with Crippen molar-refractivity contribution in [2.24, 2.45) is 7.05 Å². The van der Waals surface area contributed by atoms with Gasteiger partial charge in [-0.25, -0.2) is 0 Å². The minimum atomic E-state index is 0.689. The van der Waals surface area contributed by atoms with Gasteiger partial charge in [-0.05, 0) is 25.2 Å². The van der Waals surface area contributed by atoms with Crippen LogP contribution in [0.25, 0.3) is 10.7 Å². The van der Waals surface area contributed by atoms with Gasteiger partial charge in [-0.15, -0.1) is 0 Å². The molecule has 0 saturated heterocycles. The summed E-state index contributed by atoms with van der Waals surface area (Å²) in [5.74, 6) is 0. The van der Waals surface area contributed by atoms with Crippen LogP contribution in [0.15, 0.2) is 6.07 Å². The molecular formula is C7H8N4S2. The van der Waals surface area contributed by atoms with E-state index in [1.165, 1.54) is 11.3 Å². The first-order chi connectivity index (χ1) is 6.16. The highest BCUT2D eigenvalue weighted by atomic mass is 32.1. The molecule has 2 aromatic rings. The van der Waals surface area contributed by atoms with Crippen LogP contribution in [0.2, 0.25) is 0 Å². The first kappa shape index (κ1) is 8.58. The van der Waals surface area contributed by atoms with Gasteiger partial charge in [0.05, 0.1) is 11.4 Å². The number of aromatic nitrogens is 4. The third-order valence-corrected chi connectivity index (χ3v) is 2.77. The highest BCUT2D eigenvalue weighted by molar-refractivity contribution is 7.73. The summed E-state index contributed by atoms with van der Waals surface area (Å²) in [6.45, 7) is 1.95. The summed E-state index contributed by atoms with van der Waals surface area (Å²) < 4.78 is 2.49. The molecule has 0 bridgehead atoms. The van der Waals surface area contributed by atoms with Gasteiger partial charge in [0, 0.05) is 7.05 Å². The molecule has 0 unspecified atom stereocenters. The first-order valence-electron chi connectivity index (χ1n) is 3.73. The molecule has 0 fully saturated rings. The molecule has 68 valence electrons. The second-order valence-corrected chi connectivity index (χ2v) is 4.38. The van der Waals surface area contributed by atoms with Gasteiger partial charge in [-0.2, -0.15) is 10.2 Å². The molecular weight excluding hydrogens is 204 g/mol. The van der Waals surface area contributed by atoms with Crippen molar-refractivity contribution >= 4 is 23.6 Å². The van der Waals surface area contributed by atoms with Crippen molar-refractivity contribution in [2.75, 3.05) is 0 Å². The van der Waals surface area contributed by atoms with E-state index in [-0.39, 0.29) is 0 Å². The van der Waals surface area contributed by atoms with Crippen LogP contribution in [0.5, 0.6) is 0 Å². The van der Waals surface area contributed by atoms with Crippen molar-refractivity contribution in [1.29, 1.82) is 0 Å². The van der Waals surface area contributed by atoms with Gasteiger partial charge in [-0.1, -0.05) is 11.3 Å². The molecule has 2 rings (SSSR count). The predicted molar refractivity (Wildman–Crippen MR) is 54.2 cm³/mol. The van der Waals surface area contributed by atoms with Crippen LogP contribution in [0.3, 0.4) is 0 Å². The van der Waals surface area contributed by atoms with E-state index < -0.39 is 0 Å². The molecule has 0 aliphatic carbocycles. The Bertz CT molecular complexity index is 479. The van der Waals surface area contributed by atoms with Gasteiger partial charge in [0.25, 0.3) is 0 Å². The molecule has 4 nitrogen and oxygen atoms in total. The van der Waals surface area contributed by atoms with Crippen molar-refractivity contribution in [1.82, 2.24) is 20.0 Å². The Hall–Kier alpha value is -1.01. The van der Waals surface area contributed by atoms with Crippen molar-refractivity contribution in [3.8, 4) is 10.7 Å². The second-order valence-electron chi connectivity index (χ2n) is 2.71. The highest BCUT2D eigenvalue weighted by Gasteiger charge is 2.07. The van der Waals surface area contributed by atoms with Crippen LogP contribution in [-0.2, 0) is 7.05 Å². The lowest BCUT2D eigenvalue weighted by molar-refractivity contribution is 0.762. The van der Waals surface area contributed by atoms with Gasteiger partial charge in [0.1, 0.15) is 0 Å². The fraction of sp³-hybridized carbons (Fsp3) is 0.286. The maximum atomic E-state index is 4.95. The number of rotatable bonds is 1. The summed E-state index contributed by atoms with van der Waals surface area (Å²) in [6.07, 6.45) is 0. The van der Waals surface area contributed by atoms with E-state index in [4.69, 9.17) is 12.2 Å². The molecule has 0 aliphatic rings. The lowest BCUT2D eigenvalue weighted by Gasteiger charge is -1.93. The zero-order chi connectivity index (χ0) is 9.42. The Morgan fingerprint density at radius 3 is 2.85 bits per heavy atom. The van der Waals surface area contributed by atoms with E-state index in [1.54, 1.807) is 4.68 Å².